The Kier molecular flexibility index (Phi) is 4.13. The van der Waals surface area contributed by atoms with Crippen LogP contribution in [0.4, 0.5) is 0 Å². The van der Waals surface area contributed by atoms with Crippen LogP contribution in [0.25, 0.3) is 11.0 Å². The van der Waals surface area contributed by atoms with E-state index in [0.29, 0.717) is 48.3 Å². The predicted octanol–water partition coefficient (Wildman–Crippen LogP) is 2.95. The number of para-hydroxylation sites is 1. The number of benzene rings is 1. The first-order chi connectivity index (χ1) is 12.2. The van der Waals surface area contributed by atoms with Crippen molar-refractivity contribution in [1.82, 2.24) is 15.5 Å². The fraction of sp³-hybridized carbons (Fsp3) is 0.389. The van der Waals surface area contributed by atoms with Crippen molar-refractivity contribution < 1.29 is 18.5 Å². The summed E-state index contributed by atoms with van der Waals surface area (Å²) in [4.78, 5) is 16.3. The lowest BCUT2D eigenvalue weighted by Gasteiger charge is -2.01. The van der Waals surface area contributed by atoms with Crippen LogP contribution in [-0.2, 0) is 17.8 Å². The van der Waals surface area contributed by atoms with Gasteiger partial charge in [0.05, 0.1) is 13.7 Å². The third-order valence-corrected chi connectivity index (χ3v) is 4.23. The van der Waals surface area contributed by atoms with E-state index in [9.17, 15) is 4.79 Å². The van der Waals surface area contributed by atoms with Gasteiger partial charge in [-0.15, -0.1) is 0 Å². The van der Waals surface area contributed by atoms with E-state index in [0.717, 1.165) is 24.1 Å². The van der Waals surface area contributed by atoms with Gasteiger partial charge in [0.1, 0.15) is 5.76 Å². The number of aromatic nitrogens is 2. The molecule has 0 unspecified atom stereocenters. The van der Waals surface area contributed by atoms with Gasteiger partial charge in [-0.2, -0.15) is 4.98 Å². The van der Waals surface area contributed by atoms with Crippen LogP contribution in [0.15, 0.2) is 33.2 Å². The molecule has 4 rings (SSSR count). The van der Waals surface area contributed by atoms with Crippen molar-refractivity contribution in [3.05, 3.63) is 41.7 Å². The molecule has 1 saturated carbocycles. The molecule has 1 fully saturated rings. The van der Waals surface area contributed by atoms with Gasteiger partial charge in [-0.1, -0.05) is 17.3 Å². The lowest BCUT2D eigenvalue weighted by atomic mass is 10.2. The summed E-state index contributed by atoms with van der Waals surface area (Å²) in [6, 6.07) is 7.59. The van der Waals surface area contributed by atoms with Gasteiger partial charge >= 0.3 is 0 Å². The van der Waals surface area contributed by atoms with Gasteiger partial charge in [0.15, 0.2) is 17.2 Å². The quantitative estimate of drug-likeness (QED) is 0.710. The molecule has 7 nitrogen and oxygen atoms in total. The van der Waals surface area contributed by atoms with Crippen LogP contribution in [-0.4, -0.2) is 23.2 Å². The normalized spacial score (nSPS) is 14.0. The number of ether oxygens (including phenoxy) is 1. The molecule has 0 atom stereocenters. The topological polar surface area (TPSA) is 90.4 Å². The molecule has 0 radical (unpaired) electrons. The Balaban J connectivity index is 1.30. The highest BCUT2D eigenvalue weighted by atomic mass is 16.5. The average molecular weight is 341 g/mol. The van der Waals surface area contributed by atoms with Crippen LogP contribution in [0.5, 0.6) is 5.75 Å². The molecule has 130 valence electrons. The Morgan fingerprint density at radius 1 is 1.40 bits per heavy atom. The summed E-state index contributed by atoms with van der Waals surface area (Å²) >= 11 is 0. The van der Waals surface area contributed by atoms with Crippen molar-refractivity contribution >= 4 is 16.9 Å². The standard InChI is InChI=1S/C18H19N3O4/c1-23-14-4-2-3-12-9-13(24-17(12)14)10-19-15(22)7-8-16-20-18(21-25-16)11-5-6-11/h2-4,9,11H,5-8,10H2,1H3,(H,19,22). The second-order valence-corrected chi connectivity index (χ2v) is 6.19. The van der Waals surface area contributed by atoms with Crippen molar-refractivity contribution in [2.45, 2.75) is 38.1 Å². The van der Waals surface area contributed by atoms with Crippen LogP contribution < -0.4 is 10.1 Å². The first-order valence-electron chi connectivity index (χ1n) is 8.37. The zero-order valence-corrected chi connectivity index (χ0v) is 13.9. The molecule has 0 bridgehead atoms. The molecule has 1 aromatic carbocycles. The lowest BCUT2D eigenvalue weighted by Crippen LogP contribution is -2.22. The van der Waals surface area contributed by atoms with E-state index in [2.05, 4.69) is 15.5 Å². The molecule has 1 N–H and O–H groups in total. The Labute approximate surface area is 144 Å². The average Bonchev–Trinajstić information content (AvgIpc) is 3.21. The molecule has 0 aliphatic heterocycles. The minimum absolute atomic E-state index is 0.0846. The number of aryl methyl sites for hydroxylation is 1. The number of carbonyl (C=O) groups excluding carboxylic acids is 1. The highest BCUT2D eigenvalue weighted by molar-refractivity contribution is 5.84. The molecular weight excluding hydrogens is 322 g/mol. The van der Waals surface area contributed by atoms with E-state index in [-0.39, 0.29) is 5.91 Å². The molecule has 7 heteroatoms. The summed E-state index contributed by atoms with van der Waals surface area (Å²) in [5.74, 6) is 3.02. The van der Waals surface area contributed by atoms with Crippen LogP contribution in [0, 0.1) is 0 Å². The molecule has 1 aliphatic rings. The summed E-state index contributed by atoms with van der Waals surface area (Å²) in [7, 11) is 1.60. The zero-order chi connectivity index (χ0) is 17.2. The summed E-state index contributed by atoms with van der Waals surface area (Å²) in [5.41, 5.74) is 0.688. The first-order valence-corrected chi connectivity index (χ1v) is 8.37. The monoisotopic (exact) mass is 341 g/mol. The van der Waals surface area contributed by atoms with E-state index < -0.39 is 0 Å². The van der Waals surface area contributed by atoms with Gasteiger partial charge < -0.3 is 19.0 Å². The Hall–Kier alpha value is -2.83. The van der Waals surface area contributed by atoms with E-state index >= 15 is 0 Å². The number of nitrogens with zero attached hydrogens (tertiary/aromatic N) is 2. The number of furan rings is 1. The van der Waals surface area contributed by atoms with Crippen molar-refractivity contribution in [1.29, 1.82) is 0 Å². The molecule has 0 saturated heterocycles. The van der Waals surface area contributed by atoms with Crippen LogP contribution >= 0.6 is 0 Å². The van der Waals surface area contributed by atoms with Crippen molar-refractivity contribution in [2.24, 2.45) is 0 Å². The Morgan fingerprint density at radius 2 is 2.28 bits per heavy atom. The van der Waals surface area contributed by atoms with Gasteiger partial charge in [0, 0.05) is 24.1 Å². The zero-order valence-electron chi connectivity index (χ0n) is 13.9. The van der Waals surface area contributed by atoms with E-state index in [4.69, 9.17) is 13.7 Å². The number of methoxy groups -OCH3 is 1. The van der Waals surface area contributed by atoms with E-state index in [1.807, 2.05) is 24.3 Å². The maximum atomic E-state index is 12.0. The maximum absolute atomic E-state index is 12.0. The number of fused-ring (bicyclic) bond motifs is 1. The van der Waals surface area contributed by atoms with Crippen LogP contribution in [0.3, 0.4) is 0 Å². The number of nitrogens with one attached hydrogen (secondary N) is 1. The van der Waals surface area contributed by atoms with Gasteiger partial charge in [0.25, 0.3) is 0 Å². The molecular formula is C18H19N3O4. The summed E-state index contributed by atoms with van der Waals surface area (Å²) in [6.07, 6.45) is 3.00. The maximum Gasteiger partial charge on any atom is 0.227 e. The lowest BCUT2D eigenvalue weighted by molar-refractivity contribution is -0.121. The second kappa shape index (κ2) is 6.58. The second-order valence-electron chi connectivity index (χ2n) is 6.19. The number of carbonyl (C=O) groups is 1. The Morgan fingerprint density at radius 3 is 3.08 bits per heavy atom. The smallest absolute Gasteiger partial charge is 0.227 e. The molecule has 0 spiro atoms. The molecule has 1 aliphatic carbocycles. The van der Waals surface area contributed by atoms with Crippen molar-refractivity contribution in [2.75, 3.05) is 7.11 Å². The largest absolute Gasteiger partial charge is 0.493 e. The number of hydrogen-bond donors (Lipinski definition) is 1. The number of rotatable bonds is 7. The summed E-state index contributed by atoms with van der Waals surface area (Å²) in [5, 5.41) is 7.74. The highest BCUT2D eigenvalue weighted by Crippen LogP contribution is 2.38. The fourth-order valence-corrected chi connectivity index (χ4v) is 2.71. The molecule has 25 heavy (non-hydrogen) atoms. The van der Waals surface area contributed by atoms with E-state index in [1.165, 1.54) is 0 Å². The molecule has 1 amide bonds. The Bertz CT molecular complexity index is 895. The van der Waals surface area contributed by atoms with Crippen LogP contribution in [0.1, 0.15) is 42.7 Å². The summed E-state index contributed by atoms with van der Waals surface area (Å²) < 4.78 is 16.2. The van der Waals surface area contributed by atoms with Crippen molar-refractivity contribution in [3.8, 4) is 5.75 Å². The molecule has 2 heterocycles. The van der Waals surface area contributed by atoms with Crippen LogP contribution in [0.2, 0.25) is 0 Å². The third kappa shape index (κ3) is 3.50. The highest BCUT2D eigenvalue weighted by Gasteiger charge is 2.28. The SMILES string of the molecule is COc1cccc2cc(CNC(=O)CCc3nc(C4CC4)no3)oc12. The predicted molar refractivity (Wildman–Crippen MR) is 89.2 cm³/mol. The molecule has 2 aromatic heterocycles. The van der Waals surface area contributed by atoms with Gasteiger partial charge in [0.2, 0.25) is 11.8 Å². The minimum Gasteiger partial charge on any atom is -0.493 e. The van der Waals surface area contributed by atoms with Gasteiger partial charge in [-0.25, -0.2) is 0 Å². The van der Waals surface area contributed by atoms with Gasteiger partial charge in [-0.05, 0) is 25.0 Å². The molecule has 3 aromatic rings. The third-order valence-electron chi connectivity index (χ3n) is 4.23. The number of amides is 1. The van der Waals surface area contributed by atoms with Gasteiger partial charge in [-0.3, -0.25) is 4.79 Å². The fourth-order valence-electron chi connectivity index (χ4n) is 2.71. The minimum atomic E-state index is -0.0846. The summed E-state index contributed by atoms with van der Waals surface area (Å²) in [6.45, 7) is 0.327. The van der Waals surface area contributed by atoms with Crippen molar-refractivity contribution in [3.63, 3.8) is 0 Å². The number of hydrogen-bond acceptors (Lipinski definition) is 6. The first kappa shape index (κ1) is 15.7. The van der Waals surface area contributed by atoms with E-state index in [1.54, 1.807) is 7.11 Å².